The Morgan fingerprint density at radius 2 is 1.91 bits per heavy atom. The van der Waals surface area contributed by atoms with E-state index in [4.69, 9.17) is 4.74 Å². The minimum Gasteiger partial charge on any atom is -0.462 e. The molecule has 1 heterocycles. The molecule has 0 amide bonds. The van der Waals surface area contributed by atoms with Gasteiger partial charge in [-0.3, -0.25) is 4.79 Å². The van der Waals surface area contributed by atoms with E-state index < -0.39 is 12.2 Å². The van der Waals surface area contributed by atoms with Gasteiger partial charge in [-0.2, -0.15) is 0 Å². The van der Waals surface area contributed by atoms with E-state index in [1.165, 1.54) is 6.42 Å². The summed E-state index contributed by atoms with van der Waals surface area (Å²) in [5.41, 5.74) is 0. The lowest BCUT2D eigenvalue weighted by Gasteiger charge is -2.27. The molecule has 2 N–H and O–H groups in total. The standard InChI is InChI=1S/C18H30O4/c1-2-16-14-12-15(19)18(21)13(14)10-8-6-4-3-5-7-9-11-17(20)22-16/h8,10,13-16,18-19,21H,2-7,9,11-12H2,1H3. The molecule has 0 bridgehead atoms. The number of aliphatic hydroxyl groups is 2. The topological polar surface area (TPSA) is 66.8 Å². The average Bonchev–Trinajstić information content (AvgIpc) is 2.78. The molecule has 22 heavy (non-hydrogen) atoms. The van der Waals surface area contributed by atoms with Crippen LogP contribution < -0.4 is 0 Å². The lowest BCUT2D eigenvalue weighted by molar-refractivity contribution is -0.153. The van der Waals surface area contributed by atoms with E-state index in [1.54, 1.807) is 0 Å². The van der Waals surface area contributed by atoms with Gasteiger partial charge in [-0.25, -0.2) is 0 Å². The van der Waals surface area contributed by atoms with Crippen LogP contribution in [0.5, 0.6) is 0 Å². The van der Waals surface area contributed by atoms with E-state index in [0.717, 1.165) is 38.5 Å². The van der Waals surface area contributed by atoms with E-state index in [1.807, 2.05) is 13.0 Å². The molecule has 0 aromatic carbocycles. The van der Waals surface area contributed by atoms with Crippen LogP contribution in [0.1, 0.15) is 64.7 Å². The average molecular weight is 310 g/mol. The van der Waals surface area contributed by atoms with Gasteiger partial charge >= 0.3 is 5.97 Å². The molecule has 4 heteroatoms. The second-order valence-corrected chi connectivity index (χ2v) is 6.71. The van der Waals surface area contributed by atoms with Gasteiger partial charge < -0.3 is 14.9 Å². The highest BCUT2D eigenvalue weighted by molar-refractivity contribution is 5.69. The predicted octanol–water partition coefficient (Wildman–Crippen LogP) is 2.97. The molecule has 0 spiro atoms. The first-order chi connectivity index (χ1) is 10.6. The molecular formula is C18H30O4. The normalized spacial score (nSPS) is 38.1. The van der Waals surface area contributed by atoms with Crippen molar-refractivity contribution in [3.8, 4) is 0 Å². The molecular weight excluding hydrogens is 280 g/mol. The Morgan fingerprint density at radius 1 is 1.18 bits per heavy atom. The van der Waals surface area contributed by atoms with Crippen LogP contribution in [0.2, 0.25) is 0 Å². The number of rotatable bonds is 1. The first kappa shape index (κ1) is 17.5. The van der Waals surface area contributed by atoms with Gasteiger partial charge in [-0.1, -0.05) is 38.3 Å². The number of allylic oxidation sites excluding steroid dienone is 1. The van der Waals surface area contributed by atoms with Crippen molar-refractivity contribution in [3.63, 3.8) is 0 Å². The van der Waals surface area contributed by atoms with Gasteiger partial charge in [-0.05, 0) is 32.1 Å². The van der Waals surface area contributed by atoms with Gasteiger partial charge in [-0.15, -0.1) is 0 Å². The van der Waals surface area contributed by atoms with Crippen LogP contribution in [-0.4, -0.2) is 34.5 Å². The number of carbonyl (C=O) groups is 1. The number of fused-ring (bicyclic) bond motifs is 1. The van der Waals surface area contributed by atoms with Gasteiger partial charge in [0.15, 0.2) is 0 Å². The molecule has 0 saturated heterocycles. The quantitative estimate of drug-likeness (QED) is 0.577. The van der Waals surface area contributed by atoms with Crippen molar-refractivity contribution in [2.75, 3.05) is 0 Å². The Labute approximate surface area is 133 Å². The fourth-order valence-electron chi connectivity index (χ4n) is 3.76. The van der Waals surface area contributed by atoms with Crippen molar-refractivity contribution in [1.29, 1.82) is 0 Å². The molecule has 5 atom stereocenters. The maximum atomic E-state index is 12.0. The molecule has 5 unspecified atom stereocenters. The van der Waals surface area contributed by atoms with Gasteiger partial charge in [0.25, 0.3) is 0 Å². The third-order valence-electron chi connectivity index (χ3n) is 5.07. The fourth-order valence-corrected chi connectivity index (χ4v) is 3.76. The third kappa shape index (κ3) is 4.56. The second kappa shape index (κ2) is 8.68. The zero-order valence-electron chi connectivity index (χ0n) is 13.6. The Hall–Kier alpha value is -0.870. The first-order valence-electron chi connectivity index (χ1n) is 8.85. The van der Waals surface area contributed by atoms with E-state index >= 15 is 0 Å². The fraction of sp³-hybridized carbons (Fsp3) is 0.833. The molecule has 0 radical (unpaired) electrons. The molecule has 0 aromatic rings. The number of esters is 1. The Bertz CT molecular complexity index is 379. The van der Waals surface area contributed by atoms with Crippen molar-refractivity contribution >= 4 is 5.97 Å². The monoisotopic (exact) mass is 310 g/mol. The summed E-state index contributed by atoms with van der Waals surface area (Å²) in [5, 5.41) is 20.2. The third-order valence-corrected chi connectivity index (χ3v) is 5.07. The number of ether oxygens (including phenoxy) is 1. The van der Waals surface area contributed by atoms with Crippen LogP contribution in [-0.2, 0) is 9.53 Å². The van der Waals surface area contributed by atoms with Crippen molar-refractivity contribution in [2.24, 2.45) is 11.8 Å². The van der Waals surface area contributed by atoms with Crippen molar-refractivity contribution in [2.45, 2.75) is 83.0 Å². The predicted molar refractivity (Wildman–Crippen MR) is 85.2 cm³/mol. The SMILES string of the molecule is CCC1OC(=O)CCCCCCCC=CC2C(O)C(O)CC12. The minimum absolute atomic E-state index is 0.0122. The van der Waals surface area contributed by atoms with Crippen molar-refractivity contribution in [1.82, 2.24) is 0 Å². The number of cyclic esters (lactones) is 1. The van der Waals surface area contributed by atoms with Crippen molar-refractivity contribution in [3.05, 3.63) is 12.2 Å². The van der Waals surface area contributed by atoms with Gasteiger partial charge in [0.1, 0.15) is 6.10 Å². The van der Waals surface area contributed by atoms with Crippen LogP contribution in [0, 0.1) is 11.8 Å². The molecule has 1 saturated carbocycles. The Morgan fingerprint density at radius 3 is 2.68 bits per heavy atom. The van der Waals surface area contributed by atoms with E-state index in [2.05, 4.69) is 6.08 Å². The summed E-state index contributed by atoms with van der Waals surface area (Å²) in [7, 11) is 0. The van der Waals surface area contributed by atoms with Crippen LogP contribution in [0.15, 0.2) is 12.2 Å². The smallest absolute Gasteiger partial charge is 0.306 e. The maximum absolute atomic E-state index is 12.0. The van der Waals surface area contributed by atoms with Crippen LogP contribution in [0.4, 0.5) is 0 Å². The zero-order valence-corrected chi connectivity index (χ0v) is 13.6. The lowest BCUT2D eigenvalue weighted by atomic mass is 9.87. The van der Waals surface area contributed by atoms with E-state index in [0.29, 0.717) is 12.8 Å². The summed E-state index contributed by atoms with van der Waals surface area (Å²) in [6.45, 7) is 2.00. The summed E-state index contributed by atoms with van der Waals surface area (Å²) in [6, 6.07) is 0. The maximum Gasteiger partial charge on any atom is 0.306 e. The van der Waals surface area contributed by atoms with E-state index in [9.17, 15) is 15.0 Å². The second-order valence-electron chi connectivity index (χ2n) is 6.71. The number of carbonyl (C=O) groups excluding carboxylic acids is 1. The lowest BCUT2D eigenvalue weighted by Crippen LogP contribution is -2.31. The number of hydrogen-bond donors (Lipinski definition) is 2. The molecule has 2 aliphatic rings. The number of aliphatic hydroxyl groups excluding tert-OH is 2. The minimum atomic E-state index is -0.748. The summed E-state index contributed by atoms with van der Waals surface area (Å²) < 4.78 is 5.66. The Kier molecular flexibility index (Phi) is 6.90. The number of hydrogen-bond acceptors (Lipinski definition) is 4. The molecule has 0 aromatic heterocycles. The molecule has 4 nitrogen and oxygen atoms in total. The van der Waals surface area contributed by atoms with Crippen LogP contribution >= 0.6 is 0 Å². The molecule has 1 fully saturated rings. The molecule has 126 valence electrons. The summed E-state index contributed by atoms with van der Waals surface area (Å²) in [6.07, 6.45) is 10.7. The first-order valence-corrected chi connectivity index (χ1v) is 8.85. The summed E-state index contributed by atoms with van der Waals surface area (Å²) in [4.78, 5) is 12.0. The zero-order chi connectivity index (χ0) is 15.9. The molecule has 1 aliphatic heterocycles. The molecule has 1 aliphatic carbocycles. The Balaban J connectivity index is 2.12. The van der Waals surface area contributed by atoms with Crippen LogP contribution in [0.3, 0.4) is 0 Å². The molecule has 2 rings (SSSR count). The highest BCUT2D eigenvalue weighted by Gasteiger charge is 2.44. The van der Waals surface area contributed by atoms with Gasteiger partial charge in [0, 0.05) is 18.3 Å². The highest BCUT2D eigenvalue weighted by Crippen LogP contribution is 2.38. The summed E-state index contributed by atoms with van der Waals surface area (Å²) in [5.74, 6) is -0.239. The van der Waals surface area contributed by atoms with E-state index in [-0.39, 0.29) is 23.9 Å². The highest BCUT2D eigenvalue weighted by atomic mass is 16.5. The largest absolute Gasteiger partial charge is 0.462 e. The van der Waals surface area contributed by atoms with Gasteiger partial charge in [0.05, 0.1) is 12.2 Å². The van der Waals surface area contributed by atoms with Crippen molar-refractivity contribution < 1.29 is 19.7 Å². The van der Waals surface area contributed by atoms with Crippen LogP contribution in [0.25, 0.3) is 0 Å². The summed E-state index contributed by atoms with van der Waals surface area (Å²) >= 11 is 0. The van der Waals surface area contributed by atoms with Gasteiger partial charge in [0.2, 0.25) is 0 Å².